The molecule has 1 heterocycles. The van der Waals surface area contributed by atoms with Gasteiger partial charge in [0.05, 0.1) is 6.04 Å². The van der Waals surface area contributed by atoms with Gasteiger partial charge in [0.2, 0.25) is 11.8 Å². The van der Waals surface area contributed by atoms with Gasteiger partial charge in [-0.1, -0.05) is 6.42 Å². The first-order valence-corrected chi connectivity index (χ1v) is 11.7. The van der Waals surface area contributed by atoms with E-state index in [1.54, 1.807) is 7.05 Å². The first-order chi connectivity index (χ1) is 14.0. The van der Waals surface area contributed by atoms with Crippen molar-refractivity contribution in [1.82, 2.24) is 20.4 Å². The van der Waals surface area contributed by atoms with Crippen molar-refractivity contribution in [3.63, 3.8) is 0 Å². The summed E-state index contributed by atoms with van der Waals surface area (Å²) in [7, 11) is -0.815. The summed E-state index contributed by atoms with van der Waals surface area (Å²) in [4.78, 5) is 39.1. The highest BCUT2D eigenvalue weighted by Gasteiger charge is 2.32. The van der Waals surface area contributed by atoms with E-state index < -0.39 is 45.7 Å². The highest BCUT2D eigenvalue weighted by Crippen LogP contribution is 2.14. The maximum Gasteiger partial charge on any atom is 0.303 e. The van der Waals surface area contributed by atoms with Crippen LogP contribution in [0.4, 0.5) is 0 Å². The van der Waals surface area contributed by atoms with Gasteiger partial charge < -0.3 is 20.6 Å². The molecule has 0 aromatic carbocycles. The van der Waals surface area contributed by atoms with Gasteiger partial charge in [-0.3, -0.25) is 23.8 Å². The van der Waals surface area contributed by atoms with Crippen molar-refractivity contribution in [1.29, 1.82) is 0 Å². The third kappa shape index (κ3) is 10.9. The lowest BCUT2D eigenvalue weighted by Gasteiger charge is -2.23. The predicted molar refractivity (Wildman–Crippen MR) is 111 cm³/mol. The molecule has 2 amide bonds. The average Bonchev–Trinajstić information content (AvgIpc) is 3.05. The maximum absolute atomic E-state index is 12.4. The largest absolute Gasteiger partial charge is 0.481 e. The van der Waals surface area contributed by atoms with Crippen molar-refractivity contribution in [2.45, 2.75) is 50.6 Å². The summed E-state index contributed by atoms with van der Waals surface area (Å²) in [5, 5.41) is 13.6. The molecule has 0 aromatic rings. The third-order valence-corrected chi connectivity index (χ3v) is 5.81. The number of rotatable bonds is 14. The number of carbonyl (C=O) groups excluding carboxylic acids is 2. The molecule has 0 spiro atoms. The molecule has 11 nitrogen and oxygen atoms in total. The van der Waals surface area contributed by atoms with E-state index in [-0.39, 0.29) is 13.0 Å². The minimum Gasteiger partial charge on any atom is -0.481 e. The lowest BCUT2D eigenvalue weighted by molar-refractivity contribution is -0.137. The van der Waals surface area contributed by atoms with Crippen molar-refractivity contribution in [2.75, 3.05) is 46.0 Å². The summed E-state index contributed by atoms with van der Waals surface area (Å²) in [6.45, 7) is 2.22. The zero-order chi connectivity index (χ0) is 22.7. The molecular weight excluding hydrogens is 416 g/mol. The van der Waals surface area contributed by atoms with Crippen LogP contribution in [-0.2, 0) is 24.5 Å². The topological polar surface area (TPSA) is 156 Å². The minimum atomic E-state index is -4.46. The van der Waals surface area contributed by atoms with Gasteiger partial charge in [-0.2, -0.15) is 8.42 Å². The molecule has 1 fully saturated rings. The molecule has 4 N–H and O–H groups in total. The first-order valence-electron chi connectivity index (χ1n) is 10.1. The Kier molecular flexibility index (Phi) is 11.2. The Balaban J connectivity index is 2.43. The summed E-state index contributed by atoms with van der Waals surface area (Å²) in [5.74, 6) is -2.80. The summed E-state index contributed by atoms with van der Waals surface area (Å²) in [6, 6.07) is -1.79. The molecule has 1 rings (SSSR count). The van der Waals surface area contributed by atoms with E-state index in [0.717, 1.165) is 32.4 Å². The fourth-order valence-electron chi connectivity index (χ4n) is 3.34. The van der Waals surface area contributed by atoms with Crippen molar-refractivity contribution in [3.05, 3.63) is 0 Å². The quantitative estimate of drug-likeness (QED) is 0.195. The number of aliphatic carboxylic acids is 1. The number of hydrogen-bond acceptors (Lipinski definition) is 7. The zero-order valence-corrected chi connectivity index (χ0v) is 18.5. The summed E-state index contributed by atoms with van der Waals surface area (Å²) < 4.78 is 31.7. The van der Waals surface area contributed by atoms with Gasteiger partial charge in [-0.25, -0.2) is 0 Å². The van der Waals surface area contributed by atoms with Gasteiger partial charge in [-0.15, -0.1) is 0 Å². The summed E-state index contributed by atoms with van der Waals surface area (Å²) >= 11 is 0. The normalized spacial score (nSPS) is 18.3. The lowest BCUT2D eigenvalue weighted by Crippen LogP contribution is -2.54. The van der Waals surface area contributed by atoms with Crippen LogP contribution in [0.3, 0.4) is 0 Å². The molecule has 1 aliphatic heterocycles. The van der Waals surface area contributed by atoms with Crippen molar-refractivity contribution < 1.29 is 32.5 Å². The Morgan fingerprint density at radius 1 is 1.20 bits per heavy atom. The number of likely N-dealkylation sites (N-methyl/N-ethyl adjacent to an activating group) is 2. The Bertz CT molecular complexity index is 686. The van der Waals surface area contributed by atoms with Crippen LogP contribution in [0.15, 0.2) is 0 Å². The van der Waals surface area contributed by atoms with Crippen LogP contribution in [0.2, 0.25) is 0 Å². The monoisotopic (exact) mass is 450 g/mol. The van der Waals surface area contributed by atoms with Crippen LogP contribution in [0.25, 0.3) is 0 Å². The third-order valence-electron chi connectivity index (χ3n) is 5.06. The molecule has 0 aliphatic carbocycles. The molecule has 2 atom stereocenters. The van der Waals surface area contributed by atoms with E-state index >= 15 is 0 Å². The fraction of sp³-hybridized carbons (Fsp3) is 0.833. The Morgan fingerprint density at radius 2 is 1.90 bits per heavy atom. The van der Waals surface area contributed by atoms with E-state index in [9.17, 15) is 22.8 Å². The number of nitrogens with one attached hydrogen (secondary N) is 2. The standard InChI is InChI=1S/C18H34N4O7S/c1-21(10-5-3-4-8-16(23)24)12-9-19-17(25)14(13-30(27,28)29)20-18(26)15-7-6-11-22(15)2/h14-15H,3-13H2,1-2H3,(H,19,25)(H,20,26)(H,23,24)(H,27,28,29). The number of carboxylic acids is 1. The second-order valence-corrected chi connectivity index (χ2v) is 9.24. The molecule has 0 saturated carbocycles. The summed E-state index contributed by atoms with van der Waals surface area (Å²) in [6.07, 6.45) is 3.85. The highest BCUT2D eigenvalue weighted by atomic mass is 32.2. The Morgan fingerprint density at radius 3 is 2.47 bits per heavy atom. The number of hydrogen-bond donors (Lipinski definition) is 4. The lowest BCUT2D eigenvalue weighted by atomic mass is 10.2. The number of carbonyl (C=O) groups is 3. The molecule has 0 bridgehead atoms. The van der Waals surface area contributed by atoms with Gasteiger partial charge in [0.1, 0.15) is 11.8 Å². The van der Waals surface area contributed by atoms with Crippen LogP contribution in [0.5, 0.6) is 0 Å². The molecular formula is C18H34N4O7S. The molecule has 0 aromatic heterocycles. The average molecular weight is 451 g/mol. The van der Waals surface area contributed by atoms with Gasteiger partial charge >= 0.3 is 5.97 Å². The second kappa shape index (κ2) is 12.8. The van der Waals surface area contributed by atoms with Crippen LogP contribution in [-0.4, -0.2) is 104 Å². The fourth-order valence-corrected chi connectivity index (χ4v) is 4.00. The number of unbranched alkanes of at least 4 members (excludes halogenated alkanes) is 2. The van der Waals surface area contributed by atoms with Gasteiger partial charge in [0, 0.05) is 19.5 Å². The summed E-state index contributed by atoms with van der Waals surface area (Å²) in [5.41, 5.74) is 0. The first kappa shape index (κ1) is 26.3. The van der Waals surface area contributed by atoms with Crippen LogP contribution in [0.1, 0.15) is 38.5 Å². The van der Waals surface area contributed by atoms with Gasteiger partial charge in [0.15, 0.2) is 0 Å². The Labute approximate surface area is 177 Å². The molecule has 30 heavy (non-hydrogen) atoms. The molecule has 12 heteroatoms. The smallest absolute Gasteiger partial charge is 0.303 e. The molecule has 0 radical (unpaired) electrons. The highest BCUT2D eigenvalue weighted by molar-refractivity contribution is 7.85. The Hall–Kier alpha value is -1.76. The van der Waals surface area contributed by atoms with Crippen LogP contribution in [0, 0.1) is 0 Å². The van der Waals surface area contributed by atoms with Crippen LogP contribution >= 0.6 is 0 Å². The molecule has 2 unspecified atom stereocenters. The van der Waals surface area contributed by atoms with E-state index in [4.69, 9.17) is 9.66 Å². The molecule has 1 aliphatic rings. The van der Waals surface area contributed by atoms with E-state index in [1.807, 2.05) is 16.8 Å². The minimum absolute atomic E-state index is 0.150. The SMILES string of the molecule is CN(CCCCCC(=O)O)CCNC(=O)C(CS(=O)(=O)O)NC(=O)C1CCCN1C. The zero-order valence-electron chi connectivity index (χ0n) is 17.7. The van der Waals surface area contributed by atoms with E-state index in [1.165, 1.54) is 0 Å². The molecule has 174 valence electrons. The van der Waals surface area contributed by atoms with Gasteiger partial charge in [0.25, 0.3) is 10.1 Å². The van der Waals surface area contributed by atoms with Crippen molar-refractivity contribution in [2.24, 2.45) is 0 Å². The maximum atomic E-state index is 12.4. The predicted octanol–water partition coefficient (Wildman–Crippen LogP) is -0.854. The van der Waals surface area contributed by atoms with E-state index in [0.29, 0.717) is 19.4 Å². The van der Waals surface area contributed by atoms with Crippen molar-refractivity contribution >= 4 is 27.9 Å². The number of carboxylic acid groups (broad SMARTS) is 1. The van der Waals surface area contributed by atoms with E-state index in [2.05, 4.69) is 10.6 Å². The van der Waals surface area contributed by atoms with Crippen molar-refractivity contribution in [3.8, 4) is 0 Å². The van der Waals surface area contributed by atoms with Crippen LogP contribution < -0.4 is 10.6 Å². The number of nitrogens with zero attached hydrogens (tertiary/aromatic N) is 2. The second-order valence-electron chi connectivity index (χ2n) is 7.75. The number of amides is 2. The number of likely N-dealkylation sites (tertiary alicyclic amines) is 1. The van der Waals surface area contributed by atoms with Gasteiger partial charge in [-0.05, 0) is 52.9 Å². The molecule has 1 saturated heterocycles.